The highest BCUT2D eigenvalue weighted by Crippen LogP contribution is 2.30. The molecule has 0 heterocycles. The monoisotopic (exact) mass is 435 g/mol. The summed E-state index contributed by atoms with van der Waals surface area (Å²) in [6, 6.07) is 8.04. The summed E-state index contributed by atoms with van der Waals surface area (Å²) in [4.78, 5) is 13.3. The SMILES string of the molecule is CN(C)c1ccc(Cl)cc1NC(=O)CNS(=O)(=O)c1cccc(C(F)(F)F)c1. The van der Waals surface area contributed by atoms with Crippen LogP contribution < -0.4 is 14.9 Å². The molecule has 0 aromatic heterocycles. The van der Waals surface area contributed by atoms with Gasteiger partial charge in [0.15, 0.2) is 0 Å². The van der Waals surface area contributed by atoms with Gasteiger partial charge in [0.1, 0.15) is 0 Å². The average molecular weight is 436 g/mol. The summed E-state index contributed by atoms with van der Waals surface area (Å²) in [6.07, 6.45) is -4.68. The van der Waals surface area contributed by atoms with E-state index in [-0.39, 0.29) is 0 Å². The molecule has 0 saturated carbocycles. The minimum absolute atomic E-state index is 0.362. The van der Waals surface area contributed by atoms with Crippen LogP contribution >= 0.6 is 11.6 Å². The van der Waals surface area contributed by atoms with Crippen LogP contribution in [0.25, 0.3) is 0 Å². The Morgan fingerprint density at radius 3 is 2.43 bits per heavy atom. The fourth-order valence-electron chi connectivity index (χ4n) is 2.28. The molecular formula is C17H17ClF3N3O3S. The van der Waals surface area contributed by atoms with E-state index in [9.17, 15) is 26.4 Å². The van der Waals surface area contributed by atoms with E-state index in [1.807, 2.05) is 4.72 Å². The Balaban J connectivity index is 2.12. The number of sulfonamides is 1. The summed E-state index contributed by atoms with van der Waals surface area (Å²) in [5.41, 5.74) is -0.103. The number of hydrogen-bond acceptors (Lipinski definition) is 4. The topological polar surface area (TPSA) is 78.5 Å². The first-order valence-corrected chi connectivity index (χ1v) is 9.70. The zero-order chi connectivity index (χ0) is 21.1. The van der Waals surface area contributed by atoms with E-state index in [0.29, 0.717) is 22.5 Å². The Kier molecular flexibility index (Phi) is 6.58. The molecular weight excluding hydrogens is 419 g/mol. The largest absolute Gasteiger partial charge is 0.416 e. The number of alkyl halides is 3. The van der Waals surface area contributed by atoms with Crippen molar-refractivity contribution in [3.8, 4) is 0 Å². The fourth-order valence-corrected chi connectivity index (χ4v) is 3.48. The zero-order valence-corrected chi connectivity index (χ0v) is 16.4. The molecule has 0 fully saturated rings. The standard InChI is InChI=1S/C17H17ClF3N3O3S/c1-24(2)15-7-6-12(18)9-14(15)23-16(25)10-22-28(26,27)13-5-3-4-11(8-13)17(19,20)21/h3-9,22H,10H2,1-2H3,(H,23,25). The quantitative estimate of drug-likeness (QED) is 0.729. The second-order valence-electron chi connectivity index (χ2n) is 5.95. The van der Waals surface area contributed by atoms with E-state index in [1.54, 1.807) is 31.1 Å². The zero-order valence-electron chi connectivity index (χ0n) is 14.8. The van der Waals surface area contributed by atoms with Crippen LogP contribution in [0, 0.1) is 0 Å². The molecule has 0 bridgehead atoms. The third-order valence-electron chi connectivity index (χ3n) is 3.61. The number of carbonyl (C=O) groups excluding carboxylic acids is 1. The first-order chi connectivity index (χ1) is 12.9. The van der Waals surface area contributed by atoms with Crippen molar-refractivity contribution in [2.24, 2.45) is 0 Å². The molecule has 0 aliphatic heterocycles. The Bertz CT molecular complexity index is 979. The number of hydrogen-bond donors (Lipinski definition) is 2. The molecule has 0 aliphatic carbocycles. The molecule has 0 spiro atoms. The number of nitrogens with one attached hydrogen (secondary N) is 2. The first-order valence-electron chi connectivity index (χ1n) is 7.84. The van der Waals surface area contributed by atoms with Crippen molar-refractivity contribution >= 4 is 38.9 Å². The molecule has 2 aromatic carbocycles. The third kappa shape index (κ3) is 5.60. The Morgan fingerprint density at radius 1 is 1.14 bits per heavy atom. The molecule has 2 aromatic rings. The number of halogens is 4. The Hall–Kier alpha value is -2.30. The molecule has 6 nitrogen and oxygen atoms in total. The summed E-state index contributed by atoms with van der Waals surface area (Å²) >= 11 is 5.91. The number of amides is 1. The molecule has 28 heavy (non-hydrogen) atoms. The van der Waals surface area contributed by atoms with Gasteiger partial charge in [-0.3, -0.25) is 4.79 Å². The molecule has 0 atom stereocenters. The summed E-state index contributed by atoms with van der Waals surface area (Å²) in [6.45, 7) is -0.669. The fraction of sp³-hybridized carbons (Fsp3) is 0.235. The van der Waals surface area contributed by atoms with Crippen molar-refractivity contribution in [1.29, 1.82) is 0 Å². The molecule has 0 unspecified atom stereocenters. The van der Waals surface area contributed by atoms with Gasteiger partial charge in [-0.25, -0.2) is 13.1 Å². The molecule has 1 amide bonds. The lowest BCUT2D eigenvalue weighted by atomic mass is 10.2. The third-order valence-corrected chi connectivity index (χ3v) is 5.24. The van der Waals surface area contributed by atoms with Crippen LogP contribution in [0.1, 0.15) is 5.56 Å². The minimum Gasteiger partial charge on any atom is -0.376 e. The van der Waals surface area contributed by atoms with Crippen LogP contribution in [0.3, 0.4) is 0 Å². The molecule has 0 radical (unpaired) electrons. The highest BCUT2D eigenvalue weighted by atomic mass is 35.5. The predicted octanol–water partition coefficient (Wildman–Crippen LogP) is 3.34. The highest BCUT2D eigenvalue weighted by Gasteiger charge is 2.31. The van der Waals surface area contributed by atoms with Gasteiger partial charge in [-0.05, 0) is 36.4 Å². The van der Waals surface area contributed by atoms with E-state index in [1.165, 1.54) is 6.07 Å². The van der Waals surface area contributed by atoms with Crippen LogP contribution in [-0.4, -0.2) is 35.0 Å². The molecule has 2 rings (SSSR count). The maximum atomic E-state index is 12.8. The predicted molar refractivity (Wildman–Crippen MR) is 101 cm³/mol. The van der Waals surface area contributed by atoms with E-state index in [2.05, 4.69) is 5.32 Å². The van der Waals surface area contributed by atoms with Crippen molar-refractivity contribution in [1.82, 2.24) is 4.72 Å². The summed E-state index contributed by atoms with van der Waals surface area (Å²) in [5, 5.41) is 2.89. The summed E-state index contributed by atoms with van der Waals surface area (Å²) in [5.74, 6) is -0.707. The molecule has 2 N–H and O–H groups in total. The van der Waals surface area contributed by atoms with Crippen molar-refractivity contribution in [3.05, 3.63) is 53.1 Å². The van der Waals surface area contributed by atoms with Gasteiger partial charge in [0.05, 0.1) is 28.4 Å². The molecule has 11 heteroatoms. The van der Waals surface area contributed by atoms with Gasteiger partial charge in [0.25, 0.3) is 0 Å². The molecule has 0 aliphatic rings. The van der Waals surface area contributed by atoms with Crippen molar-refractivity contribution in [2.75, 3.05) is 30.9 Å². The van der Waals surface area contributed by atoms with Gasteiger partial charge in [-0.2, -0.15) is 13.2 Å². The number of anilines is 2. The maximum Gasteiger partial charge on any atom is 0.416 e. The van der Waals surface area contributed by atoms with Gasteiger partial charge in [-0.1, -0.05) is 17.7 Å². The van der Waals surface area contributed by atoms with E-state index >= 15 is 0 Å². The van der Waals surface area contributed by atoms with Crippen LogP contribution in [0.4, 0.5) is 24.5 Å². The second-order valence-corrected chi connectivity index (χ2v) is 8.16. The highest BCUT2D eigenvalue weighted by molar-refractivity contribution is 7.89. The van der Waals surface area contributed by atoms with Gasteiger partial charge >= 0.3 is 6.18 Å². The number of benzene rings is 2. The van der Waals surface area contributed by atoms with Gasteiger partial charge in [0.2, 0.25) is 15.9 Å². The average Bonchev–Trinajstić information content (AvgIpc) is 2.59. The first kappa shape index (κ1) is 22.0. The number of nitrogens with zero attached hydrogens (tertiary/aromatic N) is 1. The van der Waals surface area contributed by atoms with Crippen LogP contribution in [0.5, 0.6) is 0 Å². The van der Waals surface area contributed by atoms with Crippen LogP contribution in [-0.2, 0) is 21.0 Å². The lowest BCUT2D eigenvalue weighted by Gasteiger charge is -2.18. The lowest BCUT2D eigenvalue weighted by Crippen LogP contribution is -2.33. The normalized spacial score (nSPS) is 11.9. The Morgan fingerprint density at radius 2 is 1.82 bits per heavy atom. The minimum atomic E-state index is -4.68. The number of carbonyl (C=O) groups is 1. The summed E-state index contributed by atoms with van der Waals surface area (Å²) in [7, 11) is -0.822. The molecule has 0 saturated heterocycles. The van der Waals surface area contributed by atoms with Gasteiger partial charge in [-0.15, -0.1) is 0 Å². The number of rotatable bonds is 6. The molecule has 152 valence electrons. The van der Waals surface area contributed by atoms with Crippen molar-refractivity contribution in [3.63, 3.8) is 0 Å². The Labute approximate surface area is 165 Å². The lowest BCUT2D eigenvalue weighted by molar-refractivity contribution is -0.137. The van der Waals surface area contributed by atoms with Crippen LogP contribution in [0.15, 0.2) is 47.4 Å². The van der Waals surface area contributed by atoms with E-state index < -0.39 is 39.1 Å². The van der Waals surface area contributed by atoms with Gasteiger partial charge < -0.3 is 10.2 Å². The smallest absolute Gasteiger partial charge is 0.376 e. The van der Waals surface area contributed by atoms with E-state index in [0.717, 1.165) is 18.2 Å². The van der Waals surface area contributed by atoms with Crippen LogP contribution in [0.2, 0.25) is 5.02 Å². The van der Waals surface area contributed by atoms with Crippen molar-refractivity contribution < 1.29 is 26.4 Å². The summed E-state index contributed by atoms with van der Waals surface area (Å²) < 4.78 is 64.7. The second kappa shape index (κ2) is 8.38. The maximum absolute atomic E-state index is 12.8. The van der Waals surface area contributed by atoms with E-state index in [4.69, 9.17) is 11.6 Å². The van der Waals surface area contributed by atoms with Gasteiger partial charge in [0, 0.05) is 19.1 Å². The van der Waals surface area contributed by atoms with Crippen molar-refractivity contribution in [2.45, 2.75) is 11.1 Å².